The van der Waals surface area contributed by atoms with E-state index < -0.39 is 0 Å². The van der Waals surface area contributed by atoms with E-state index in [0.29, 0.717) is 17.8 Å². The number of nitrogens with one attached hydrogen (secondary N) is 1. The lowest BCUT2D eigenvalue weighted by Gasteiger charge is -2.08. The van der Waals surface area contributed by atoms with Crippen molar-refractivity contribution in [3.05, 3.63) is 88.5 Å². The zero-order valence-corrected chi connectivity index (χ0v) is 14.8. The molecule has 1 N–H and O–H groups in total. The van der Waals surface area contributed by atoms with E-state index >= 15 is 0 Å². The summed E-state index contributed by atoms with van der Waals surface area (Å²) < 4.78 is 14.2. The lowest BCUT2D eigenvalue weighted by molar-refractivity contribution is -0.121. The van der Waals surface area contributed by atoms with Crippen LogP contribution in [-0.4, -0.2) is 22.2 Å². The van der Waals surface area contributed by atoms with Crippen molar-refractivity contribution in [3.63, 3.8) is 0 Å². The van der Waals surface area contributed by atoms with E-state index in [1.54, 1.807) is 18.2 Å². The Morgan fingerprint density at radius 2 is 1.74 bits per heavy atom. The molecule has 0 aliphatic rings. The standard InChI is InChI=1S/C21H20FN3O2/c22-18-10-8-17(9-11-18)19-12-13-21(27)25(24-19)15-20(26)23-14-4-7-16-5-2-1-3-6-16/h1-3,5-6,8-13H,4,7,14-15H2,(H,23,26). The van der Waals surface area contributed by atoms with E-state index in [4.69, 9.17) is 0 Å². The molecule has 0 saturated heterocycles. The van der Waals surface area contributed by atoms with E-state index in [1.165, 1.54) is 23.8 Å². The van der Waals surface area contributed by atoms with E-state index in [0.717, 1.165) is 17.5 Å². The zero-order valence-electron chi connectivity index (χ0n) is 14.8. The first-order chi connectivity index (χ1) is 13.1. The van der Waals surface area contributed by atoms with Gasteiger partial charge in [0.25, 0.3) is 5.56 Å². The number of benzene rings is 2. The molecule has 0 fully saturated rings. The Labute approximate surface area is 156 Å². The van der Waals surface area contributed by atoms with Gasteiger partial charge in [0.05, 0.1) is 5.69 Å². The highest BCUT2D eigenvalue weighted by atomic mass is 19.1. The summed E-state index contributed by atoms with van der Waals surface area (Å²) in [5, 5.41) is 7.02. The molecule has 3 rings (SSSR count). The van der Waals surface area contributed by atoms with E-state index in [9.17, 15) is 14.0 Å². The summed E-state index contributed by atoms with van der Waals surface area (Å²) in [6.45, 7) is 0.374. The minimum Gasteiger partial charge on any atom is -0.354 e. The summed E-state index contributed by atoms with van der Waals surface area (Å²) in [7, 11) is 0. The summed E-state index contributed by atoms with van der Waals surface area (Å²) >= 11 is 0. The molecule has 0 spiro atoms. The van der Waals surface area contributed by atoms with Crippen LogP contribution in [0.25, 0.3) is 11.3 Å². The fourth-order valence-corrected chi connectivity index (χ4v) is 2.69. The molecule has 138 valence electrons. The third kappa shape index (κ3) is 5.34. The molecular weight excluding hydrogens is 345 g/mol. The maximum Gasteiger partial charge on any atom is 0.267 e. The summed E-state index contributed by atoms with van der Waals surface area (Å²) in [5.41, 5.74) is 2.04. The average Bonchev–Trinajstić information content (AvgIpc) is 2.68. The SMILES string of the molecule is O=C(Cn1nc(-c2ccc(F)cc2)ccc1=O)NCCCc1ccccc1. The van der Waals surface area contributed by atoms with Crippen LogP contribution in [-0.2, 0) is 17.8 Å². The molecule has 0 radical (unpaired) electrons. The molecule has 0 aliphatic heterocycles. The van der Waals surface area contributed by atoms with Crippen LogP contribution in [0.3, 0.4) is 0 Å². The van der Waals surface area contributed by atoms with E-state index in [2.05, 4.69) is 10.4 Å². The van der Waals surface area contributed by atoms with Gasteiger partial charge >= 0.3 is 0 Å². The van der Waals surface area contributed by atoms with Crippen molar-refractivity contribution in [2.45, 2.75) is 19.4 Å². The summed E-state index contributed by atoms with van der Waals surface area (Å²) in [4.78, 5) is 24.1. The van der Waals surface area contributed by atoms with Gasteiger partial charge in [-0.25, -0.2) is 9.07 Å². The first-order valence-electron chi connectivity index (χ1n) is 8.76. The number of aryl methyl sites for hydroxylation is 1. The largest absolute Gasteiger partial charge is 0.354 e. The minimum absolute atomic E-state index is 0.154. The van der Waals surface area contributed by atoms with E-state index in [-0.39, 0.29) is 23.8 Å². The van der Waals surface area contributed by atoms with Gasteiger partial charge in [0, 0.05) is 18.2 Å². The predicted molar refractivity (Wildman–Crippen MR) is 102 cm³/mol. The third-order valence-electron chi connectivity index (χ3n) is 4.11. The van der Waals surface area contributed by atoms with Gasteiger partial charge in [-0.3, -0.25) is 9.59 Å². The van der Waals surface area contributed by atoms with Crippen LogP contribution in [0.4, 0.5) is 4.39 Å². The molecule has 0 unspecified atom stereocenters. The topological polar surface area (TPSA) is 64.0 Å². The lowest BCUT2D eigenvalue weighted by atomic mass is 10.1. The number of hydrogen-bond donors (Lipinski definition) is 1. The van der Waals surface area contributed by atoms with Crippen molar-refractivity contribution in [1.82, 2.24) is 15.1 Å². The van der Waals surface area contributed by atoms with Gasteiger partial charge in [-0.15, -0.1) is 0 Å². The summed E-state index contributed by atoms with van der Waals surface area (Å²) in [6, 6.07) is 18.8. The minimum atomic E-state index is -0.361. The number of hydrogen-bond acceptors (Lipinski definition) is 3. The molecular formula is C21H20FN3O2. The highest BCUT2D eigenvalue weighted by molar-refractivity contribution is 5.75. The molecule has 3 aromatic rings. The number of aromatic nitrogens is 2. The molecule has 0 saturated carbocycles. The van der Waals surface area contributed by atoms with Crippen molar-refractivity contribution in [3.8, 4) is 11.3 Å². The maximum atomic E-state index is 13.0. The number of carbonyl (C=O) groups is 1. The van der Waals surface area contributed by atoms with Gasteiger partial charge < -0.3 is 5.32 Å². The van der Waals surface area contributed by atoms with Crippen LogP contribution in [0.2, 0.25) is 0 Å². The fourth-order valence-electron chi connectivity index (χ4n) is 2.69. The summed E-state index contributed by atoms with van der Waals surface area (Å²) in [5.74, 6) is -0.615. The Hall–Kier alpha value is -3.28. The Morgan fingerprint density at radius 1 is 1.00 bits per heavy atom. The smallest absolute Gasteiger partial charge is 0.267 e. The zero-order chi connectivity index (χ0) is 19.1. The van der Waals surface area contributed by atoms with Crippen molar-refractivity contribution < 1.29 is 9.18 Å². The second kappa shape index (κ2) is 8.89. The van der Waals surface area contributed by atoms with Crippen LogP contribution in [0.1, 0.15) is 12.0 Å². The molecule has 1 heterocycles. The van der Waals surface area contributed by atoms with Crippen LogP contribution in [0.5, 0.6) is 0 Å². The predicted octanol–water partition coefficient (Wildman–Crippen LogP) is 2.80. The molecule has 5 nitrogen and oxygen atoms in total. The summed E-state index contributed by atoms with van der Waals surface area (Å²) in [6.07, 6.45) is 1.69. The van der Waals surface area contributed by atoms with Crippen molar-refractivity contribution >= 4 is 5.91 Å². The Kier molecular flexibility index (Phi) is 6.10. The third-order valence-corrected chi connectivity index (χ3v) is 4.11. The molecule has 2 aromatic carbocycles. The van der Waals surface area contributed by atoms with Crippen LogP contribution >= 0.6 is 0 Å². The van der Waals surface area contributed by atoms with Crippen molar-refractivity contribution in [2.24, 2.45) is 0 Å². The van der Waals surface area contributed by atoms with Crippen LogP contribution in [0, 0.1) is 5.82 Å². The first-order valence-corrected chi connectivity index (χ1v) is 8.76. The monoisotopic (exact) mass is 365 g/mol. The highest BCUT2D eigenvalue weighted by Crippen LogP contribution is 2.15. The number of halogens is 1. The number of amides is 1. The van der Waals surface area contributed by atoms with Gasteiger partial charge in [0.1, 0.15) is 12.4 Å². The second-order valence-electron chi connectivity index (χ2n) is 6.16. The fraction of sp³-hybridized carbons (Fsp3) is 0.190. The Morgan fingerprint density at radius 3 is 2.48 bits per heavy atom. The molecule has 27 heavy (non-hydrogen) atoms. The molecule has 0 bridgehead atoms. The van der Waals surface area contributed by atoms with Crippen LogP contribution < -0.4 is 10.9 Å². The van der Waals surface area contributed by atoms with Gasteiger partial charge in [0.2, 0.25) is 5.91 Å². The van der Waals surface area contributed by atoms with Crippen molar-refractivity contribution in [1.29, 1.82) is 0 Å². The number of rotatable bonds is 7. The Balaban J connectivity index is 1.56. The van der Waals surface area contributed by atoms with Gasteiger partial charge in [0.15, 0.2) is 0 Å². The molecule has 0 atom stereocenters. The highest BCUT2D eigenvalue weighted by Gasteiger charge is 2.08. The van der Waals surface area contributed by atoms with Gasteiger partial charge in [-0.1, -0.05) is 30.3 Å². The maximum absolute atomic E-state index is 13.0. The number of nitrogens with zero attached hydrogens (tertiary/aromatic N) is 2. The molecule has 1 aromatic heterocycles. The van der Waals surface area contributed by atoms with Gasteiger partial charge in [-0.2, -0.15) is 5.10 Å². The molecule has 1 amide bonds. The average molecular weight is 365 g/mol. The Bertz CT molecular complexity index is 953. The van der Waals surface area contributed by atoms with Crippen LogP contribution in [0.15, 0.2) is 71.5 Å². The lowest BCUT2D eigenvalue weighted by Crippen LogP contribution is -2.34. The molecule has 6 heteroatoms. The quantitative estimate of drug-likeness (QED) is 0.655. The first kappa shape index (κ1) is 18.5. The van der Waals surface area contributed by atoms with E-state index in [1.807, 2.05) is 30.3 Å². The second-order valence-corrected chi connectivity index (χ2v) is 6.16. The normalized spacial score (nSPS) is 10.6. The number of carbonyl (C=O) groups excluding carboxylic acids is 1. The van der Waals surface area contributed by atoms with Gasteiger partial charge in [-0.05, 0) is 48.7 Å². The van der Waals surface area contributed by atoms with Crippen molar-refractivity contribution in [2.75, 3.05) is 6.54 Å². The molecule has 0 aliphatic carbocycles.